The third-order valence-electron chi connectivity index (χ3n) is 7.56. The number of nitrogens with zero attached hydrogens (tertiary/aromatic N) is 1. The maximum atomic E-state index is 13.5. The lowest BCUT2D eigenvalue weighted by Gasteiger charge is -2.38. The number of rotatable bonds is 8. The van der Waals surface area contributed by atoms with Gasteiger partial charge in [-0.15, -0.1) is 0 Å². The summed E-state index contributed by atoms with van der Waals surface area (Å²) in [6.07, 6.45) is 6.24. The average Bonchev–Trinajstić information content (AvgIpc) is 2.94. The Morgan fingerprint density at radius 3 is 2.54 bits per heavy atom. The van der Waals surface area contributed by atoms with Crippen molar-refractivity contribution in [3.8, 4) is 11.5 Å². The Morgan fingerprint density at radius 2 is 1.81 bits per heavy atom. The van der Waals surface area contributed by atoms with Crippen molar-refractivity contribution >= 4 is 5.91 Å². The Bertz CT molecular complexity index is 1190. The highest BCUT2D eigenvalue weighted by molar-refractivity contribution is 5.94. The third kappa shape index (κ3) is 6.13. The van der Waals surface area contributed by atoms with Crippen LogP contribution in [0.1, 0.15) is 58.8 Å². The van der Waals surface area contributed by atoms with Crippen LogP contribution >= 0.6 is 0 Å². The van der Waals surface area contributed by atoms with E-state index in [0.29, 0.717) is 31.2 Å². The molecule has 2 heterocycles. The molecule has 2 unspecified atom stereocenters. The number of halogens is 1. The summed E-state index contributed by atoms with van der Waals surface area (Å²) in [7, 11) is 1.67. The minimum Gasteiger partial charge on any atom is -0.497 e. The van der Waals surface area contributed by atoms with E-state index in [9.17, 15) is 9.18 Å². The van der Waals surface area contributed by atoms with Crippen LogP contribution in [0.25, 0.3) is 0 Å². The van der Waals surface area contributed by atoms with E-state index in [2.05, 4.69) is 29.6 Å². The number of hydrogen-bond donors (Lipinski definition) is 1. The van der Waals surface area contributed by atoms with Gasteiger partial charge in [0, 0.05) is 18.2 Å². The molecule has 1 amide bonds. The molecule has 3 aromatic rings. The van der Waals surface area contributed by atoms with Crippen LogP contribution < -0.4 is 14.8 Å². The van der Waals surface area contributed by atoms with Gasteiger partial charge in [0.25, 0.3) is 5.91 Å². The average molecular weight is 503 g/mol. The summed E-state index contributed by atoms with van der Waals surface area (Å²) in [5, 5.41) is 3.56. The van der Waals surface area contributed by atoms with E-state index < -0.39 is 0 Å². The van der Waals surface area contributed by atoms with Crippen molar-refractivity contribution in [3.63, 3.8) is 0 Å². The zero-order valence-electron chi connectivity index (χ0n) is 21.4. The van der Waals surface area contributed by atoms with Crippen LogP contribution in [0.3, 0.4) is 0 Å². The minimum absolute atomic E-state index is 0.0808. The molecule has 2 atom stereocenters. The van der Waals surface area contributed by atoms with Gasteiger partial charge in [0.15, 0.2) is 0 Å². The number of amides is 1. The molecule has 2 aliphatic rings. The Labute approximate surface area is 218 Å². The first-order valence-electron chi connectivity index (χ1n) is 13.3. The van der Waals surface area contributed by atoms with E-state index in [4.69, 9.17) is 9.47 Å². The van der Waals surface area contributed by atoms with Gasteiger partial charge in [-0.3, -0.25) is 4.79 Å². The number of nitrogens with one attached hydrogen (secondary N) is 1. The summed E-state index contributed by atoms with van der Waals surface area (Å²) in [6.45, 7) is 2.41. The molecule has 3 aromatic carbocycles. The van der Waals surface area contributed by atoms with Crippen molar-refractivity contribution in [2.24, 2.45) is 0 Å². The number of benzene rings is 3. The second kappa shape index (κ2) is 11.8. The maximum Gasteiger partial charge on any atom is 0.254 e. The lowest BCUT2D eigenvalue weighted by Crippen LogP contribution is -2.41. The Hall–Kier alpha value is -3.38. The predicted octanol–water partition coefficient (Wildman–Crippen LogP) is 5.73. The summed E-state index contributed by atoms with van der Waals surface area (Å²) < 4.78 is 24.9. The van der Waals surface area contributed by atoms with Crippen molar-refractivity contribution in [2.75, 3.05) is 26.8 Å². The van der Waals surface area contributed by atoms with Gasteiger partial charge in [-0.1, -0.05) is 24.6 Å². The molecule has 5 rings (SSSR count). The highest BCUT2D eigenvalue weighted by Crippen LogP contribution is 2.36. The van der Waals surface area contributed by atoms with Crippen molar-refractivity contribution in [1.82, 2.24) is 10.2 Å². The van der Waals surface area contributed by atoms with Crippen molar-refractivity contribution in [3.05, 3.63) is 94.8 Å². The molecule has 194 valence electrons. The van der Waals surface area contributed by atoms with Crippen LogP contribution in [0.5, 0.6) is 11.5 Å². The molecule has 37 heavy (non-hydrogen) atoms. The van der Waals surface area contributed by atoms with E-state index in [1.165, 1.54) is 37.0 Å². The summed E-state index contributed by atoms with van der Waals surface area (Å²) in [4.78, 5) is 15.4. The number of fused-ring (bicyclic) bond motifs is 1. The highest BCUT2D eigenvalue weighted by Gasteiger charge is 2.32. The summed E-state index contributed by atoms with van der Waals surface area (Å²) >= 11 is 0. The number of carbonyl (C=O) groups excluding carboxylic acids is 1. The standard InChI is InChI=1S/C31H35FN2O3/c1-36-28-13-14-29-24(21-28)15-18-34(31(35)23-7-9-25(32)10-8-23)30(29)20-22-5-11-27(12-6-22)37-19-16-26-4-2-3-17-33-26/h5-14,21,26,30,33H,2-4,15-20H2,1H3. The quantitative estimate of drug-likeness (QED) is 0.428. The Morgan fingerprint density at radius 1 is 1.03 bits per heavy atom. The van der Waals surface area contributed by atoms with E-state index >= 15 is 0 Å². The minimum atomic E-state index is -0.346. The molecule has 1 N–H and O–H groups in total. The molecule has 0 saturated carbocycles. The largest absolute Gasteiger partial charge is 0.497 e. The molecule has 0 spiro atoms. The van der Waals surface area contributed by atoms with E-state index in [1.807, 2.05) is 23.1 Å². The molecule has 0 radical (unpaired) electrons. The van der Waals surface area contributed by atoms with Crippen molar-refractivity contribution in [2.45, 2.75) is 50.6 Å². The highest BCUT2D eigenvalue weighted by atomic mass is 19.1. The second-order valence-corrected chi connectivity index (χ2v) is 9.97. The van der Waals surface area contributed by atoms with Crippen LogP contribution in [0.15, 0.2) is 66.7 Å². The topological polar surface area (TPSA) is 50.8 Å². The lowest BCUT2D eigenvalue weighted by molar-refractivity contribution is 0.0660. The molecular weight excluding hydrogens is 467 g/mol. The van der Waals surface area contributed by atoms with Crippen LogP contribution in [0.2, 0.25) is 0 Å². The molecule has 0 bridgehead atoms. The van der Waals surface area contributed by atoms with Gasteiger partial charge in [-0.2, -0.15) is 0 Å². The molecule has 2 aliphatic heterocycles. The molecule has 1 saturated heterocycles. The summed E-state index contributed by atoms with van der Waals surface area (Å²) in [6, 6.07) is 20.6. The summed E-state index contributed by atoms with van der Waals surface area (Å²) in [5.74, 6) is 1.26. The van der Waals surface area contributed by atoms with Crippen LogP contribution in [-0.2, 0) is 12.8 Å². The fraction of sp³-hybridized carbons (Fsp3) is 0.387. The number of carbonyl (C=O) groups is 1. The van der Waals surface area contributed by atoms with Gasteiger partial charge in [0.2, 0.25) is 0 Å². The third-order valence-corrected chi connectivity index (χ3v) is 7.56. The number of piperidine rings is 1. The van der Waals surface area contributed by atoms with Crippen molar-refractivity contribution < 1.29 is 18.7 Å². The summed E-state index contributed by atoms with van der Waals surface area (Å²) in [5.41, 5.74) is 3.96. The predicted molar refractivity (Wildman–Crippen MR) is 143 cm³/mol. The Balaban J connectivity index is 1.31. The number of ether oxygens (including phenoxy) is 2. The van der Waals surface area contributed by atoms with Crippen LogP contribution in [0, 0.1) is 5.82 Å². The molecule has 0 aliphatic carbocycles. The van der Waals surface area contributed by atoms with Crippen LogP contribution in [-0.4, -0.2) is 43.7 Å². The maximum absolute atomic E-state index is 13.5. The first-order chi connectivity index (χ1) is 18.1. The van der Waals surface area contributed by atoms with Gasteiger partial charge in [-0.05, 0) is 104 Å². The van der Waals surface area contributed by atoms with E-state index in [-0.39, 0.29) is 17.8 Å². The number of methoxy groups -OCH3 is 1. The van der Waals surface area contributed by atoms with Gasteiger partial charge < -0.3 is 19.7 Å². The monoisotopic (exact) mass is 502 g/mol. The fourth-order valence-electron chi connectivity index (χ4n) is 5.47. The smallest absolute Gasteiger partial charge is 0.254 e. The first kappa shape index (κ1) is 25.3. The van der Waals surface area contributed by atoms with Crippen LogP contribution in [0.4, 0.5) is 4.39 Å². The normalized spacial score (nSPS) is 19.2. The Kier molecular flexibility index (Phi) is 8.05. The zero-order chi connectivity index (χ0) is 25.6. The van der Waals surface area contributed by atoms with E-state index in [1.54, 1.807) is 19.2 Å². The lowest BCUT2D eigenvalue weighted by atomic mass is 9.88. The first-order valence-corrected chi connectivity index (χ1v) is 13.3. The SMILES string of the molecule is COc1ccc2c(c1)CCN(C(=O)c1ccc(F)cc1)C2Cc1ccc(OCCC2CCCCN2)cc1. The molecule has 1 fully saturated rings. The van der Waals surface area contributed by atoms with Gasteiger partial charge in [-0.25, -0.2) is 4.39 Å². The van der Waals surface area contributed by atoms with Gasteiger partial charge in [0.1, 0.15) is 17.3 Å². The molecule has 6 heteroatoms. The zero-order valence-corrected chi connectivity index (χ0v) is 21.4. The van der Waals surface area contributed by atoms with Gasteiger partial charge >= 0.3 is 0 Å². The number of hydrogen-bond acceptors (Lipinski definition) is 4. The van der Waals surface area contributed by atoms with E-state index in [0.717, 1.165) is 42.0 Å². The second-order valence-electron chi connectivity index (χ2n) is 9.97. The fourth-order valence-corrected chi connectivity index (χ4v) is 5.47. The van der Waals surface area contributed by atoms with Crippen molar-refractivity contribution in [1.29, 1.82) is 0 Å². The molecular formula is C31H35FN2O3. The molecule has 0 aromatic heterocycles. The molecule has 5 nitrogen and oxygen atoms in total. The van der Waals surface area contributed by atoms with Gasteiger partial charge in [0.05, 0.1) is 19.8 Å².